The highest BCUT2D eigenvalue weighted by Gasteiger charge is 2.31. The van der Waals surface area contributed by atoms with Crippen LogP contribution < -0.4 is 10.6 Å². The molecule has 3 heterocycles. The number of fused-ring (bicyclic) bond motifs is 1. The lowest BCUT2D eigenvalue weighted by Crippen LogP contribution is -2.42. The van der Waals surface area contributed by atoms with Crippen LogP contribution in [0.25, 0.3) is 0 Å². The van der Waals surface area contributed by atoms with Gasteiger partial charge in [-0.25, -0.2) is 9.97 Å². The molecule has 2 aliphatic heterocycles. The molecule has 0 aliphatic carbocycles. The van der Waals surface area contributed by atoms with Crippen LogP contribution >= 0.6 is 15.9 Å². The SMILES string of the molecule is CNc1ncnc(NC2CCN3CCCC3C2)c1Br. The lowest BCUT2D eigenvalue weighted by molar-refractivity contribution is 0.188. The zero-order chi connectivity index (χ0) is 13.2. The maximum atomic E-state index is 4.34. The molecule has 0 aromatic carbocycles. The molecule has 2 N–H and O–H groups in total. The fourth-order valence-corrected chi connectivity index (χ4v) is 3.71. The molecule has 2 saturated heterocycles. The summed E-state index contributed by atoms with van der Waals surface area (Å²) in [5, 5.41) is 6.64. The van der Waals surface area contributed by atoms with Crippen molar-refractivity contribution in [1.29, 1.82) is 0 Å². The summed E-state index contributed by atoms with van der Waals surface area (Å²) >= 11 is 3.56. The second kappa shape index (κ2) is 5.63. The Morgan fingerprint density at radius 2 is 2.11 bits per heavy atom. The van der Waals surface area contributed by atoms with Gasteiger partial charge in [-0.15, -0.1) is 0 Å². The minimum atomic E-state index is 0.523. The van der Waals surface area contributed by atoms with Crippen LogP contribution in [0.15, 0.2) is 10.8 Å². The topological polar surface area (TPSA) is 53.1 Å². The Labute approximate surface area is 122 Å². The Kier molecular flexibility index (Phi) is 3.88. The number of anilines is 2. The number of hydrogen-bond acceptors (Lipinski definition) is 5. The van der Waals surface area contributed by atoms with Gasteiger partial charge in [-0.1, -0.05) is 0 Å². The number of nitrogens with zero attached hydrogens (tertiary/aromatic N) is 3. The molecule has 0 amide bonds. The molecule has 2 fully saturated rings. The molecule has 2 aliphatic rings. The first-order chi connectivity index (χ1) is 9.28. The monoisotopic (exact) mass is 325 g/mol. The number of piperidine rings is 1. The quantitative estimate of drug-likeness (QED) is 0.893. The van der Waals surface area contributed by atoms with Crippen LogP contribution in [0.5, 0.6) is 0 Å². The van der Waals surface area contributed by atoms with E-state index in [4.69, 9.17) is 0 Å². The van der Waals surface area contributed by atoms with E-state index in [-0.39, 0.29) is 0 Å². The summed E-state index contributed by atoms with van der Waals surface area (Å²) in [5.41, 5.74) is 0. The molecular formula is C13H20BrN5. The Balaban J connectivity index is 1.68. The smallest absolute Gasteiger partial charge is 0.146 e. The van der Waals surface area contributed by atoms with Crippen LogP contribution in [0.3, 0.4) is 0 Å². The maximum absolute atomic E-state index is 4.34. The average molecular weight is 326 g/mol. The molecule has 1 aromatic heterocycles. The first-order valence-electron chi connectivity index (χ1n) is 6.96. The van der Waals surface area contributed by atoms with Crippen molar-refractivity contribution in [3.05, 3.63) is 10.8 Å². The van der Waals surface area contributed by atoms with Gasteiger partial charge in [0.1, 0.15) is 22.4 Å². The third-order valence-corrected chi connectivity index (χ3v) is 4.94. The fourth-order valence-electron chi connectivity index (χ4n) is 3.19. The Morgan fingerprint density at radius 3 is 2.95 bits per heavy atom. The Bertz CT molecular complexity index is 453. The predicted octanol–water partition coefficient (Wildman–Crippen LogP) is 2.32. The van der Waals surface area contributed by atoms with Crippen molar-refractivity contribution < 1.29 is 0 Å². The highest BCUT2D eigenvalue weighted by molar-refractivity contribution is 9.10. The van der Waals surface area contributed by atoms with E-state index in [9.17, 15) is 0 Å². The lowest BCUT2D eigenvalue weighted by Gasteiger charge is -2.35. The molecule has 104 valence electrons. The summed E-state index contributed by atoms with van der Waals surface area (Å²) in [5.74, 6) is 1.73. The summed E-state index contributed by atoms with van der Waals surface area (Å²) in [6.45, 7) is 2.50. The van der Waals surface area contributed by atoms with E-state index in [1.807, 2.05) is 7.05 Å². The molecule has 0 spiro atoms. The lowest BCUT2D eigenvalue weighted by atomic mass is 9.97. The van der Waals surface area contributed by atoms with E-state index in [2.05, 4.69) is 41.4 Å². The molecule has 5 nitrogen and oxygen atoms in total. The number of hydrogen-bond donors (Lipinski definition) is 2. The van der Waals surface area contributed by atoms with Crippen molar-refractivity contribution in [2.24, 2.45) is 0 Å². The van der Waals surface area contributed by atoms with Gasteiger partial charge < -0.3 is 15.5 Å². The van der Waals surface area contributed by atoms with Gasteiger partial charge in [0.25, 0.3) is 0 Å². The average Bonchev–Trinajstić information content (AvgIpc) is 2.88. The zero-order valence-electron chi connectivity index (χ0n) is 11.2. The standard InChI is InChI=1S/C13H20BrN5/c1-15-12-11(14)13(17-8-16-12)18-9-4-6-19-5-2-3-10(19)7-9/h8-10H,2-7H2,1H3,(H2,15,16,17,18). The van der Waals surface area contributed by atoms with E-state index in [0.717, 1.165) is 22.2 Å². The third kappa shape index (κ3) is 2.69. The summed E-state index contributed by atoms with van der Waals surface area (Å²) < 4.78 is 0.923. The second-order valence-corrected chi connectivity index (χ2v) is 6.13. The highest BCUT2D eigenvalue weighted by atomic mass is 79.9. The van der Waals surface area contributed by atoms with Crippen LogP contribution in [0.2, 0.25) is 0 Å². The molecular weight excluding hydrogens is 306 g/mol. The summed E-state index contributed by atoms with van der Waals surface area (Å²) in [4.78, 5) is 11.2. The molecule has 2 unspecified atom stereocenters. The fraction of sp³-hybridized carbons (Fsp3) is 0.692. The van der Waals surface area contributed by atoms with Crippen LogP contribution in [0.4, 0.5) is 11.6 Å². The van der Waals surface area contributed by atoms with Crippen molar-refractivity contribution in [3.8, 4) is 0 Å². The first-order valence-corrected chi connectivity index (χ1v) is 7.76. The number of aromatic nitrogens is 2. The number of halogens is 1. The van der Waals surface area contributed by atoms with E-state index in [1.54, 1.807) is 6.33 Å². The molecule has 19 heavy (non-hydrogen) atoms. The van der Waals surface area contributed by atoms with E-state index in [1.165, 1.54) is 38.8 Å². The van der Waals surface area contributed by atoms with Crippen LogP contribution in [-0.4, -0.2) is 47.1 Å². The zero-order valence-corrected chi connectivity index (χ0v) is 12.8. The highest BCUT2D eigenvalue weighted by Crippen LogP contribution is 2.31. The summed E-state index contributed by atoms with van der Waals surface area (Å²) in [6, 6.07) is 1.30. The molecule has 0 bridgehead atoms. The number of rotatable bonds is 3. The summed E-state index contributed by atoms with van der Waals surface area (Å²) in [6.07, 6.45) is 6.74. The minimum Gasteiger partial charge on any atom is -0.372 e. The number of nitrogens with one attached hydrogen (secondary N) is 2. The minimum absolute atomic E-state index is 0.523. The molecule has 1 aromatic rings. The molecule has 0 radical (unpaired) electrons. The summed E-state index contributed by atoms with van der Waals surface area (Å²) in [7, 11) is 1.87. The van der Waals surface area contributed by atoms with Gasteiger partial charge in [0.05, 0.1) is 0 Å². The van der Waals surface area contributed by atoms with E-state index >= 15 is 0 Å². The van der Waals surface area contributed by atoms with Gasteiger partial charge in [-0.2, -0.15) is 0 Å². The second-order valence-electron chi connectivity index (χ2n) is 5.33. The molecule has 6 heteroatoms. The van der Waals surface area contributed by atoms with Crippen molar-refractivity contribution >= 4 is 27.6 Å². The predicted molar refractivity (Wildman–Crippen MR) is 80.5 cm³/mol. The van der Waals surface area contributed by atoms with Crippen molar-refractivity contribution in [2.75, 3.05) is 30.8 Å². The van der Waals surface area contributed by atoms with Gasteiger partial charge >= 0.3 is 0 Å². The van der Waals surface area contributed by atoms with Gasteiger partial charge in [0.2, 0.25) is 0 Å². The Morgan fingerprint density at radius 1 is 1.26 bits per heavy atom. The van der Waals surface area contributed by atoms with E-state index < -0.39 is 0 Å². The van der Waals surface area contributed by atoms with Crippen molar-refractivity contribution in [3.63, 3.8) is 0 Å². The van der Waals surface area contributed by atoms with Crippen LogP contribution in [0.1, 0.15) is 25.7 Å². The third-order valence-electron chi connectivity index (χ3n) is 4.19. The molecule has 0 saturated carbocycles. The molecule has 2 atom stereocenters. The van der Waals surface area contributed by atoms with Gasteiger partial charge in [0, 0.05) is 25.7 Å². The van der Waals surface area contributed by atoms with Crippen molar-refractivity contribution in [1.82, 2.24) is 14.9 Å². The van der Waals surface area contributed by atoms with Crippen molar-refractivity contribution in [2.45, 2.75) is 37.8 Å². The van der Waals surface area contributed by atoms with E-state index in [0.29, 0.717) is 6.04 Å². The van der Waals surface area contributed by atoms with Crippen LogP contribution in [0, 0.1) is 0 Å². The van der Waals surface area contributed by atoms with Crippen LogP contribution in [-0.2, 0) is 0 Å². The largest absolute Gasteiger partial charge is 0.372 e. The van der Waals surface area contributed by atoms with Gasteiger partial charge in [0.15, 0.2) is 0 Å². The first kappa shape index (κ1) is 13.1. The van der Waals surface area contributed by atoms with Gasteiger partial charge in [-0.3, -0.25) is 0 Å². The molecule has 3 rings (SSSR count). The normalized spacial score (nSPS) is 27.1. The maximum Gasteiger partial charge on any atom is 0.146 e. The van der Waals surface area contributed by atoms with Gasteiger partial charge in [-0.05, 0) is 48.2 Å². The Hall–Kier alpha value is -0.880.